The molecule has 2 N–H and O–H groups in total. The molecule has 1 aromatic rings. The van der Waals surface area contributed by atoms with E-state index in [0.717, 1.165) is 12.1 Å². The Kier molecular flexibility index (Phi) is 4.49. The van der Waals surface area contributed by atoms with E-state index >= 15 is 0 Å². The van der Waals surface area contributed by atoms with E-state index in [1.54, 1.807) is 0 Å². The van der Waals surface area contributed by atoms with Gasteiger partial charge in [0, 0.05) is 6.07 Å². The van der Waals surface area contributed by atoms with E-state index in [1.807, 2.05) is 0 Å². The molecule has 0 aliphatic heterocycles. The first kappa shape index (κ1) is 15.0. The van der Waals surface area contributed by atoms with Gasteiger partial charge in [0.1, 0.15) is 6.04 Å². The lowest BCUT2D eigenvalue weighted by Crippen LogP contribution is -2.42. The first-order valence-electron chi connectivity index (χ1n) is 5.36. The van der Waals surface area contributed by atoms with Gasteiger partial charge in [-0.3, -0.25) is 10.1 Å². The number of esters is 1. The van der Waals surface area contributed by atoms with Crippen molar-refractivity contribution >= 4 is 11.7 Å². The molecule has 104 valence electrons. The van der Waals surface area contributed by atoms with Crippen molar-refractivity contribution in [3.8, 4) is 0 Å². The maximum Gasteiger partial charge on any atom is 0.379 e. The van der Waals surface area contributed by atoms with Crippen LogP contribution in [0.3, 0.4) is 0 Å². The van der Waals surface area contributed by atoms with Crippen LogP contribution >= 0.6 is 0 Å². The van der Waals surface area contributed by atoms with Gasteiger partial charge in [0.05, 0.1) is 17.1 Å². The van der Waals surface area contributed by atoms with Gasteiger partial charge in [-0.2, -0.15) is 8.78 Å². The van der Waals surface area contributed by atoms with E-state index in [2.05, 4.69) is 4.74 Å². The number of para-hydroxylation sites is 1. The number of hydrogen-bond acceptors (Lipinski definition) is 5. The van der Waals surface area contributed by atoms with Crippen LogP contribution in [0.2, 0.25) is 0 Å². The second-order valence-electron chi connectivity index (χ2n) is 3.64. The normalized spacial score (nSPS) is 12.8. The van der Waals surface area contributed by atoms with Crippen molar-refractivity contribution in [2.45, 2.75) is 18.9 Å². The Morgan fingerprint density at radius 1 is 1.53 bits per heavy atom. The molecule has 1 atom stereocenters. The Morgan fingerprint density at radius 2 is 2.11 bits per heavy atom. The fourth-order valence-electron chi connectivity index (χ4n) is 1.47. The third-order valence-corrected chi connectivity index (χ3v) is 2.41. The van der Waals surface area contributed by atoms with Gasteiger partial charge in [-0.05, 0) is 6.92 Å². The number of carbonyl (C=O) groups is 1. The number of nitrogens with zero attached hydrogens (tertiary/aromatic N) is 1. The van der Waals surface area contributed by atoms with Crippen LogP contribution in [0.15, 0.2) is 24.3 Å². The van der Waals surface area contributed by atoms with Gasteiger partial charge >= 0.3 is 11.9 Å². The molecular formula is C11H12F2N2O4. The van der Waals surface area contributed by atoms with Gasteiger partial charge < -0.3 is 10.5 Å². The van der Waals surface area contributed by atoms with Crippen molar-refractivity contribution in [3.05, 3.63) is 39.9 Å². The summed E-state index contributed by atoms with van der Waals surface area (Å²) < 4.78 is 31.6. The summed E-state index contributed by atoms with van der Waals surface area (Å²) >= 11 is 0. The van der Waals surface area contributed by atoms with E-state index < -0.39 is 34.1 Å². The smallest absolute Gasteiger partial charge is 0.379 e. The number of hydrogen-bond donors (Lipinski definition) is 1. The van der Waals surface area contributed by atoms with E-state index in [9.17, 15) is 23.7 Å². The molecule has 1 aromatic carbocycles. The molecule has 0 heterocycles. The third kappa shape index (κ3) is 3.02. The van der Waals surface area contributed by atoms with Crippen LogP contribution in [0.1, 0.15) is 18.5 Å². The van der Waals surface area contributed by atoms with Crippen LogP contribution < -0.4 is 5.73 Å². The van der Waals surface area contributed by atoms with E-state index in [1.165, 1.54) is 19.1 Å². The number of carbonyl (C=O) groups excluding carboxylic acids is 1. The van der Waals surface area contributed by atoms with Crippen LogP contribution in [0.25, 0.3) is 0 Å². The minimum Gasteiger partial charge on any atom is -0.462 e. The fourth-order valence-corrected chi connectivity index (χ4v) is 1.47. The van der Waals surface area contributed by atoms with Crippen molar-refractivity contribution in [1.82, 2.24) is 0 Å². The second-order valence-corrected chi connectivity index (χ2v) is 3.64. The molecule has 1 rings (SSSR count). The highest BCUT2D eigenvalue weighted by Gasteiger charge is 2.49. The largest absolute Gasteiger partial charge is 0.462 e. The third-order valence-electron chi connectivity index (χ3n) is 2.41. The monoisotopic (exact) mass is 274 g/mol. The highest BCUT2D eigenvalue weighted by Crippen LogP contribution is 2.35. The number of benzene rings is 1. The molecule has 0 saturated carbocycles. The summed E-state index contributed by atoms with van der Waals surface area (Å²) in [6.07, 6.45) is 0. The molecule has 19 heavy (non-hydrogen) atoms. The number of nitro groups is 1. The second kappa shape index (κ2) is 5.70. The molecule has 0 radical (unpaired) electrons. The summed E-state index contributed by atoms with van der Waals surface area (Å²) in [6.45, 7) is 1.13. The minimum atomic E-state index is -4.04. The Balaban J connectivity index is 3.16. The topological polar surface area (TPSA) is 95.5 Å². The highest BCUT2D eigenvalue weighted by atomic mass is 19.3. The van der Waals surface area contributed by atoms with Gasteiger partial charge in [-0.1, -0.05) is 18.2 Å². The molecule has 0 saturated heterocycles. The Morgan fingerprint density at radius 3 is 2.63 bits per heavy atom. The van der Waals surface area contributed by atoms with Crippen LogP contribution in [-0.2, 0) is 9.53 Å². The first-order chi connectivity index (χ1) is 8.82. The fraction of sp³-hybridized carbons (Fsp3) is 0.364. The van der Waals surface area contributed by atoms with Crippen molar-refractivity contribution in [3.63, 3.8) is 0 Å². The number of halogens is 2. The summed E-state index contributed by atoms with van der Waals surface area (Å²) in [7, 11) is 0. The highest BCUT2D eigenvalue weighted by molar-refractivity contribution is 5.79. The average Bonchev–Trinajstić information content (AvgIpc) is 2.38. The Labute approximate surface area is 107 Å². The van der Waals surface area contributed by atoms with Crippen molar-refractivity contribution < 1.29 is 23.2 Å². The lowest BCUT2D eigenvalue weighted by atomic mass is 9.99. The Bertz CT molecular complexity index is 493. The van der Waals surface area contributed by atoms with Crippen LogP contribution in [0.5, 0.6) is 0 Å². The molecule has 0 aromatic heterocycles. The summed E-state index contributed by atoms with van der Waals surface area (Å²) in [6, 6.07) is 2.61. The SMILES string of the molecule is CCOC(=O)C(F)(F)[C@H](N)c1ccccc1[N+](=O)[O-]. The van der Waals surface area contributed by atoms with Crippen molar-refractivity contribution in [2.75, 3.05) is 6.61 Å². The van der Waals surface area contributed by atoms with Crippen LogP contribution in [-0.4, -0.2) is 23.4 Å². The van der Waals surface area contributed by atoms with Gasteiger partial charge in [0.25, 0.3) is 5.69 Å². The van der Waals surface area contributed by atoms with Gasteiger partial charge in [0.15, 0.2) is 0 Å². The number of nitrogens with two attached hydrogens (primary N) is 1. The van der Waals surface area contributed by atoms with Crippen LogP contribution in [0.4, 0.5) is 14.5 Å². The molecule has 6 nitrogen and oxygen atoms in total. The molecule has 0 aliphatic carbocycles. The van der Waals surface area contributed by atoms with Gasteiger partial charge in [0.2, 0.25) is 0 Å². The Hall–Kier alpha value is -2.09. The first-order valence-corrected chi connectivity index (χ1v) is 5.36. The summed E-state index contributed by atoms with van der Waals surface area (Å²) in [5.41, 5.74) is 4.29. The zero-order chi connectivity index (χ0) is 14.6. The van der Waals surface area contributed by atoms with E-state index in [0.29, 0.717) is 0 Å². The zero-order valence-electron chi connectivity index (χ0n) is 10.0. The predicted octanol–water partition coefficient (Wildman–Crippen LogP) is 1.79. The molecule has 0 spiro atoms. The predicted molar refractivity (Wildman–Crippen MR) is 61.6 cm³/mol. The van der Waals surface area contributed by atoms with Crippen molar-refractivity contribution in [2.24, 2.45) is 5.73 Å². The standard InChI is InChI=1S/C11H12F2N2O4/c1-2-19-10(16)11(12,13)9(14)7-5-3-4-6-8(7)15(17)18/h3-6,9H,2,14H2,1H3/t9-/m1/s1. The number of alkyl halides is 2. The molecule has 8 heteroatoms. The minimum absolute atomic E-state index is 0.238. The number of ether oxygens (including phenoxy) is 1. The average molecular weight is 274 g/mol. The number of rotatable bonds is 5. The summed E-state index contributed by atoms with van der Waals surface area (Å²) in [5, 5.41) is 10.7. The van der Waals surface area contributed by atoms with Crippen molar-refractivity contribution in [1.29, 1.82) is 0 Å². The summed E-state index contributed by atoms with van der Waals surface area (Å²) in [5.74, 6) is -5.84. The molecule has 0 unspecified atom stereocenters. The van der Waals surface area contributed by atoms with Crippen LogP contribution in [0, 0.1) is 10.1 Å². The molecule has 0 aliphatic rings. The molecule has 0 fully saturated rings. The number of nitro benzene ring substituents is 1. The molecular weight excluding hydrogens is 262 g/mol. The maximum absolute atomic E-state index is 13.7. The summed E-state index contributed by atoms with van der Waals surface area (Å²) in [4.78, 5) is 21.0. The zero-order valence-corrected chi connectivity index (χ0v) is 10.0. The lowest BCUT2D eigenvalue weighted by Gasteiger charge is -2.21. The van der Waals surface area contributed by atoms with Gasteiger partial charge in [-0.15, -0.1) is 0 Å². The quantitative estimate of drug-likeness (QED) is 0.501. The van der Waals surface area contributed by atoms with E-state index in [-0.39, 0.29) is 6.61 Å². The van der Waals surface area contributed by atoms with E-state index in [4.69, 9.17) is 5.73 Å². The lowest BCUT2D eigenvalue weighted by molar-refractivity contribution is -0.386. The molecule has 0 bridgehead atoms. The maximum atomic E-state index is 13.7. The van der Waals surface area contributed by atoms with Gasteiger partial charge in [-0.25, -0.2) is 4.79 Å². The molecule has 0 amide bonds.